The summed E-state index contributed by atoms with van der Waals surface area (Å²) in [5.74, 6) is 1.65. The molecule has 182 valence electrons. The first-order valence-electron chi connectivity index (χ1n) is 10.7. The van der Waals surface area contributed by atoms with Gasteiger partial charge in [0.2, 0.25) is 11.5 Å². The van der Waals surface area contributed by atoms with Gasteiger partial charge >= 0.3 is 0 Å². The van der Waals surface area contributed by atoms with Gasteiger partial charge in [-0.05, 0) is 49.9 Å². The van der Waals surface area contributed by atoms with Crippen LogP contribution in [0.4, 0.5) is 5.82 Å². The van der Waals surface area contributed by atoms with Crippen LogP contribution in [-0.2, 0) is 11.3 Å². The Bertz CT molecular complexity index is 1240. The van der Waals surface area contributed by atoms with Crippen LogP contribution < -0.4 is 10.5 Å². The zero-order valence-electron chi connectivity index (χ0n) is 19.3. The second kappa shape index (κ2) is 12.3. The lowest BCUT2D eigenvalue weighted by atomic mass is 10.2. The molecule has 0 spiro atoms. The number of thioether (sulfide) groups is 1. The summed E-state index contributed by atoms with van der Waals surface area (Å²) in [4.78, 5) is 35.4. The molecule has 0 aliphatic heterocycles. The summed E-state index contributed by atoms with van der Waals surface area (Å²) in [6, 6.07) is 14.0. The second-order valence-corrected chi connectivity index (χ2v) is 8.94. The lowest BCUT2D eigenvalue weighted by Gasteiger charge is -2.22. The maximum absolute atomic E-state index is 13.4. The van der Waals surface area contributed by atoms with Gasteiger partial charge in [0.15, 0.2) is 0 Å². The van der Waals surface area contributed by atoms with Crippen molar-refractivity contribution >= 4 is 40.7 Å². The van der Waals surface area contributed by atoms with Crippen LogP contribution in [0.15, 0.2) is 65.3 Å². The minimum atomic E-state index is -0.381. The predicted octanol–water partition coefficient (Wildman–Crippen LogP) is 4.96. The van der Waals surface area contributed by atoms with E-state index in [-0.39, 0.29) is 41.1 Å². The number of nitrogens with zero attached hydrogens (tertiary/aromatic N) is 3. The summed E-state index contributed by atoms with van der Waals surface area (Å²) >= 11 is 7.27. The van der Waals surface area contributed by atoms with Gasteiger partial charge in [-0.1, -0.05) is 35.9 Å². The standard InChI is InChI=1S/C25H25ClN4O4S/c1-16(30(15-32)14-18-13-28-17(2)29-24(18)27)22(11-12-31)35-25(33)23-20(26)9-6-10-21(23)34-19-7-4-3-5-8-19/h3-10,13,15,31H,11-12,14H2,1-2H3,(H2,27,28,29). The number of benzene rings is 2. The summed E-state index contributed by atoms with van der Waals surface area (Å²) in [7, 11) is 0. The monoisotopic (exact) mass is 512 g/mol. The molecule has 35 heavy (non-hydrogen) atoms. The normalized spacial score (nSPS) is 11.5. The van der Waals surface area contributed by atoms with Gasteiger partial charge in [0.1, 0.15) is 23.1 Å². The number of carbonyl (C=O) groups excluding carboxylic acids is 2. The molecule has 3 rings (SSSR count). The van der Waals surface area contributed by atoms with Gasteiger partial charge in [0.05, 0.1) is 17.1 Å². The van der Waals surface area contributed by atoms with Gasteiger partial charge in [-0.25, -0.2) is 9.97 Å². The maximum Gasteiger partial charge on any atom is 0.229 e. The summed E-state index contributed by atoms with van der Waals surface area (Å²) < 4.78 is 5.91. The third-order valence-electron chi connectivity index (χ3n) is 5.03. The van der Waals surface area contributed by atoms with Crippen LogP contribution in [0.3, 0.4) is 0 Å². The second-order valence-electron chi connectivity index (χ2n) is 7.46. The molecule has 0 bridgehead atoms. The zero-order chi connectivity index (χ0) is 25.4. The van der Waals surface area contributed by atoms with Crippen molar-refractivity contribution in [2.24, 2.45) is 0 Å². The number of nitrogen functional groups attached to an aromatic ring is 1. The van der Waals surface area contributed by atoms with Crippen LogP contribution in [0.2, 0.25) is 5.02 Å². The highest BCUT2D eigenvalue weighted by Gasteiger charge is 2.22. The number of ether oxygens (including phenoxy) is 1. The van der Waals surface area contributed by atoms with Crippen LogP contribution in [0.1, 0.15) is 35.1 Å². The van der Waals surface area contributed by atoms with Crippen molar-refractivity contribution in [1.29, 1.82) is 0 Å². The van der Waals surface area contributed by atoms with E-state index in [9.17, 15) is 14.7 Å². The molecule has 0 fully saturated rings. The number of hydrogen-bond donors (Lipinski definition) is 2. The molecule has 1 amide bonds. The molecule has 0 aliphatic rings. The van der Waals surface area contributed by atoms with Crippen molar-refractivity contribution in [3.8, 4) is 11.5 Å². The molecule has 2 aromatic carbocycles. The molecular formula is C25H25ClN4O4S. The number of aryl methyl sites for hydroxylation is 1. The van der Waals surface area contributed by atoms with Crippen molar-refractivity contribution < 1.29 is 19.4 Å². The fourth-order valence-electron chi connectivity index (χ4n) is 3.19. The molecule has 1 heterocycles. The minimum Gasteiger partial charge on any atom is -0.457 e. The predicted molar refractivity (Wildman–Crippen MR) is 137 cm³/mol. The Hall–Kier alpha value is -3.40. The number of aromatic nitrogens is 2. The highest BCUT2D eigenvalue weighted by Crippen LogP contribution is 2.37. The summed E-state index contributed by atoms with van der Waals surface area (Å²) in [6.45, 7) is 3.30. The molecule has 0 atom stereocenters. The number of hydrogen-bond acceptors (Lipinski definition) is 8. The molecule has 3 aromatic rings. The number of halogens is 1. The SMILES string of the molecule is CC(=C(CCO)SC(=O)c1c(Cl)cccc1Oc1ccccc1)N(C=O)Cc1cnc(C)nc1N. The summed E-state index contributed by atoms with van der Waals surface area (Å²) in [6.07, 6.45) is 2.35. The van der Waals surface area contributed by atoms with Crippen molar-refractivity contribution in [3.05, 3.63) is 87.3 Å². The van der Waals surface area contributed by atoms with Crippen molar-refractivity contribution in [3.63, 3.8) is 0 Å². The number of aliphatic hydroxyl groups excluding tert-OH is 1. The summed E-state index contributed by atoms with van der Waals surface area (Å²) in [5.41, 5.74) is 7.22. The van der Waals surface area contributed by atoms with Crippen molar-refractivity contribution in [1.82, 2.24) is 14.9 Å². The lowest BCUT2D eigenvalue weighted by molar-refractivity contribution is -0.116. The van der Waals surface area contributed by atoms with Gasteiger partial charge in [-0.2, -0.15) is 0 Å². The first-order valence-corrected chi connectivity index (χ1v) is 11.9. The number of carbonyl (C=O) groups is 2. The lowest BCUT2D eigenvalue weighted by Crippen LogP contribution is -2.22. The van der Waals surface area contributed by atoms with E-state index < -0.39 is 0 Å². The average molecular weight is 513 g/mol. The van der Waals surface area contributed by atoms with Gasteiger partial charge in [-0.3, -0.25) is 9.59 Å². The van der Waals surface area contributed by atoms with Gasteiger partial charge in [-0.15, -0.1) is 0 Å². The van der Waals surface area contributed by atoms with E-state index in [0.717, 1.165) is 11.8 Å². The molecule has 3 N–H and O–H groups in total. The van der Waals surface area contributed by atoms with Gasteiger partial charge < -0.3 is 20.5 Å². The van der Waals surface area contributed by atoms with Crippen LogP contribution in [0.25, 0.3) is 0 Å². The van der Waals surface area contributed by atoms with E-state index in [1.54, 1.807) is 50.4 Å². The van der Waals surface area contributed by atoms with Gasteiger partial charge in [0, 0.05) is 35.4 Å². The molecule has 0 radical (unpaired) electrons. The molecule has 8 nitrogen and oxygen atoms in total. The first kappa shape index (κ1) is 26.2. The Labute approximate surface area is 212 Å². The van der Waals surface area contributed by atoms with Crippen LogP contribution in [0, 0.1) is 6.92 Å². The number of allylic oxidation sites excluding steroid dienone is 1. The van der Waals surface area contributed by atoms with Gasteiger partial charge in [0.25, 0.3) is 0 Å². The number of nitrogens with two attached hydrogens (primary N) is 1. The van der Waals surface area contributed by atoms with E-state index in [4.69, 9.17) is 22.1 Å². The van der Waals surface area contributed by atoms with Crippen LogP contribution >= 0.6 is 23.4 Å². The molecule has 0 unspecified atom stereocenters. The molecule has 1 aromatic heterocycles. The molecule has 0 saturated carbocycles. The Morgan fingerprint density at radius 1 is 1.23 bits per heavy atom. The van der Waals surface area contributed by atoms with Crippen LogP contribution in [0.5, 0.6) is 11.5 Å². The van der Waals surface area contributed by atoms with E-state index in [2.05, 4.69) is 9.97 Å². The Balaban J connectivity index is 1.90. The Morgan fingerprint density at radius 2 is 1.97 bits per heavy atom. The number of amides is 1. The minimum absolute atomic E-state index is 0.111. The van der Waals surface area contributed by atoms with Crippen molar-refractivity contribution in [2.45, 2.75) is 26.8 Å². The maximum atomic E-state index is 13.4. The molecule has 10 heteroatoms. The first-order chi connectivity index (χ1) is 16.8. The number of anilines is 1. The largest absolute Gasteiger partial charge is 0.457 e. The smallest absolute Gasteiger partial charge is 0.229 e. The molecule has 0 aliphatic carbocycles. The van der Waals surface area contributed by atoms with Crippen LogP contribution in [-0.4, -0.2) is 38.1 Å². The Kier molecular flexibility index (Phi) is 9.25. The fourth-order valence-corrected chi connectivity index (χ4v) is 4.49. The quantitative estimate of drug-likeness (QED) is 0.366. The summed E-state index contributed by atoms with van der Waals surface area (Å²) in [5, 5.41) is 9.48. The van der Waals surface area contributed by atoms with E-state index in [0.29, 0.717) is 39.9 Å². The van der Waals surface area contributed by atoms with E-state index in [1.807, 2.05) is 18.2 Å². The number of para-hydroxylation sites is 1. The molecule has 0 saturated heterocycles. The topological polar surface area (TPSA) is 119 Å². The fraction of sp³-hybridized carbons (Fsp3) is 0.200. The Morgan fingerprint density at radius 3 is 2.63 bits per heavy atom. The number of aliphatic hydroxyl groups is 1. The number of rotatable bonds is 10. The third-order valence-corrected chi connectivity index (χ3v) is 6.48. The highest BCUT2D eigenvalue weighted by molar-refractivity contribution is 8.17. The zero-order valence-corrected chi connectivity index (χ0v) is 20.8. The average Bonchev–Trinajstić information content (AvgIpc) is 2.83. The van der Waals surface area contributed by atoms with Crippen molar-refractivity contribution in [2.75, 3.05) is 12.3 Å². The highest BCUT2D eigenvalue weighted by atomic mass is 35.5. The molecular weight excluding hydrogens is 488 g/mol. The van der Waals surface area contributed by atoms with E-state index >= 15 is 0 Å². The van der Waals surface area contributed by atoms with E-state index in [1.165, 1.54) is 4.90 Å². The third kappa shape index (κ3) is 6.82.